The largest absolute Gasteiger partial charge is 0.478 e. The van der Waals surface area contributed by atoms with Gasteiger partial charge in [0.05, 0.1) is 17.1 Å². The Morgan fingerprint density at radius 1 is 1.00 bits per heavy atom. The molecule has 156 valence electrons. The van der Waals surface area contributed by atoms with Crippen LogP contribution in [0.4, 0.5) is 0 Å². The second-order valence-electron chi connectivity index (χ2n) is 6.99. The first-order chi connectivity index (χ1) is 15.0. The molecular weight excluding hydrogens is 390 g/mol. The monoisotopic (exact) mass is 413 g/mol. The predicted molar refractivity (Wildman–Crippen MR) is 119 cm³/mol. The van der Waals surface area contributed by atoms with Gasteiger partial charge < -0.3 is 15.2 Å². The van der Waals surface area contributed by atoms with Crippen molar-refractivity contribution in [2.24, 2.45) is 5.92 Å². The van der Waals surface area contributed by atoms with Crippen LogP contribution in [-0.2, 0) is 14.3 Å². The van der Waals surface area contributed by atoms with E-state index in [-0.39, 0.29) is 17.8 Å². The van der Waals surface area contributed by atoms with Gasteiger partial charge in [-0.2, -0.15) is 0 Å². The molecule has 1 aliphatic rings. The highest BCUT2D eigenvalue weighted by atomic mass is 16.5. The molecule has 1 unspecified atom stereocenters. The number of hydrogen-bond acceptors (Lipinski definition) is 4. The molecule has 1 atom stereocenters. The number of carbonyl (C=O) groups is 2. The minimum atomic E-state index is -1.13. The summed E-state index contributed by atoms with van der Waals surface area (Å²) in [5.74, 6) is 3.33. The maximum absolute atomic E-state index is 12.9. The van der Waals surface area contributed by atoms with Gasteiger partial charge in [0.25, 0.3) is 0 Å². The van der Waals surface area contributed by atoms with Crippen LogP contribution < -0.4 is 5.32 Å². The van der Waals surface area contributed by atoms with E-state index in [1.165, 1.54) is 0 Å². The fourth-order valence-electron chi connectivity index (χ4n) is 3.32. The molecule has 0 spiro atoms. The van der Waals surface area contributed by atoms with Gasteiger partial charge in [-0.15, -0.1) is 0 Å². The molecule has 0 fully saturated rings. The summed E-state index contributed by atoms with van der Waals surface area (Å²) in [6.07, 6.45) is 3.59. The third kappa shape index (κ3) is 5.52. The van der Waals surface area contributed by atoms with Crippen molar-refractivity contribution >= 4 is 18.0 Å². The van der Waals surface area contributed by atoms with Crippen LogP contribution in [0.3, 0.4) is 0 Å². The third-order valence-electron chi connectivity index (χ3n) is 4.77. The molecule has 0 saturated heterocycles. The van der Waals surface area contributed by atoms with E-state index in [0.29, 0.717) is 11.4 Å². The predicted octanol–water partition coefficient (Wildman–Crippen LogP) is 4.15. The van der Waals surface area contributed by atoms with E-state index in [2.05, 4.69) is 17.2 Å². The lowest BCUT2D eigenvalue weighted by Crippen LogP contribution is -2.32. The Kier molecular flexibility index (Phi) is 7.08. The zero-order chi connectivity index (χ0) is 22.2. The van der Waals surface area contributed by atoms with Crippen molar-refractivity contribution in [1.29, 1.82) is 0 Å². The van der Waals surface area contributed by atoms with Gasteiger partial charge in [-0.05, 0) is 37.6 Å². The summed E-state index contributed by atoms with van der Waals surface area (Å²) in [5.41, 5.74) is 2.97. The van der Waals surface area contributed by atoms with Crippen LogP contribution in [0, 0.1) is 17.8 Å². The summed E-state index contributed by atoms with van der Waals surface area (Å²) in [7, 11) is 0. The summed E-state index contributed by atoms with van der Waals surface area (Å²) in [6.45, 7) is 3.44. The zero-order valence-corrected chi connectivity index (χ0v) is 17.4. The number of ether oxygens (including phenoxy) is 1. The Morgan fingerprint density at radius 2 is 1.61 bits per heavy atom. The summed E-state index contributed by atoms with van der Waals surface area (Å²) in [4.78, 5) is 24.8. The number of carboxylic acid groups (broad SMARTS) is 1. The van der Waals surface area contributed by atoms with Gasteiger partial charge >= 0.3 is 11.9 Å². The first-order valence-corrected chi connectivity index (χ1v) is 9.84. The Bertz CT molecular complexity index is 1120. The Morgan fingerprint density at radius 3 is 2.26 bits per heavy atom. The van der Waals surface area contributed by atoms with Crippen LogP contribution in [0.1, 0.15) is 25.0 Å². The lowest BCUT2D eigenvalue weighted by molar-refractivity contribution is -0.138. The second-order valence-corrected chi connectivity index (χ2v) is 6.99. The van der Waals surface area contributed by atoms with Gasteiger partial charge in [-0.25, -0.2) is 9.59 Å². The number of nitrogens with one attached hydrogen (secondary N) is 1. The van der Waals surface area contributed by atoms with E-state index >= 15 is 0 Å². The smallest absolute Gasteiger partial charge is 0.337 e. The Hall–Kier alpha value is -4.04. The molecule has 0 aromatic heterocycles. The number of dihydropyridines is 1. The van der Waals surface area contributed by atoms with Crippen molar-refractivity contribution in [3.63, 3.8) is 0 Å². The van der Waals surface area contributed by atoms with Crippen molar-refractivity contribution < 1.29 is 19.4 Å². The molecule has 3 rings (SSSR count). The molecule has 2 aromatic rings. The van der Waals surface area contributed by atoms with Gasteiger partial charge in [-0.3, -0.25) is 0 Å². The van der Waals surface area contributed by atoms with Crippen molar-refractivity contribution in [2.75, 3.05) is 6.61 Å². The van der Waals surface area contributed by atoms with E-state index in [9.17, 15) is 14.7 Å². The minimum Gasteiger partial charge on any atom is -0.478 e. The second kappa shape index (κ2) is 10.1. The molecule has 5 nitrogen and oxygen atoms in total. The van der Waals surface area contributed by atoms with Crippen LogP contribution >= 0.6 is 0 Å². The number of rotatable bonds is 5. The van der Waals surface area contributed by atoms with Gasteiger partial charge in [0.15, 0.2) is 0 Å². The van der Waals surface area contributed by atoms with Gasteiger partial charge in [0.1, 0.15) is 6.61 Å². The standard InChI is InChI=1S/C26H23NO4/c1-18-23(25(28)29)22(16-15-21-12-7-4-8-13-21)24(19(2)27-18)26(30)31-17-9-14-20-10-5-3-6-11-20/h3-14,22,27H,17H2,1-2H3,(H,28,29). The maximum Gasteiger partial charge on any atom is 0.337 e. The highest BCUT2D eigenvalue weighted by Crippen LogP contribution is 2.30. The fourth-order valence-corrected chi connectivity index (χ4v) is 3.32. The molecule has 0 bridgehead atoms. The van der Waals surface area contributed by atoms with Gasteiger partial charge in [-0.1, -0.05) is 66.4 Å². The molecule has 5 heteroatoms. The zero-order valence-electron chi connectivity index (χ0n) is 17.4. The lowest BCUT2D eigenvalue weighted by Gasteiger charge is -2.26. The van der Waals surface area contributed by atoms with Crippen LogP contribution in [0.25, 0.3) is 6.08 Å². The highest BCUT2D eigenvalue weighted by molar-refractivity contribution is 5.98. The maximum atomic E-state index is 12.9. The lowest BCUT2D eigenvalue weighted by atomic mass is 9.85. The Balaban J connectivity index is 1.84. The minimum absolute atomic E-state index is 0.0424. The van der Waals surface area contributed by atoms with Gasteiger partial charge in [0.2, 0.25) is 0 Å². The summed E-state index contributed by atoms with van der Waals surface area (Å²) >= 11 is 0. The average molecular weight is 413 g/mol. The SMILES string of the molecule is CC1=C(C(=O)O)C(C#Cc2ccccc2)C(C(=O)OCC=Cc2ccccc2)=C(C)N1. The normalized spacial score (nSPS) is 15.9. The van der Waals surface area contributed by atoms with Crippen LogP contribution in [0.15, 0.2) is 89.3 Å². The number of aliphatic carboxylic acids is 1. The number of benzene rings is 2. The van der Waals surface area contributed by atoms with Crippen molar-refractivity contribution in [3.05, 3.63) is 100 Å². The first kappa shape index (κ1) is 21.7. The molecule has 0 radical (unpaired) electrons. The molecule has 0 amide bonds. The van der Waals surface area contributed by atoms with Crippen LogP contribution in [0.5, 0.6) is 0 Å². The topological polar surface area (TPSA) is 75.6 Å². The van der Waals surface area contributed by atoms with E-state index in [1.54, 1.807) is 19.9 Å². The molecule has 1 aliphatic heterocycles. The number of allylic oxidation sites excluding steroid dienone is 2. The van der Waals surface area contributed by atoms with Crippen molar-refractivity contribution in [3.8, 4) is 11.8 Å². The number of carboxylic acids is 1. The molecule has 0 saturated carbocycles. The summed E-state index contributed by atoms with van der Waals surface area (Å²) in [6, 6.07) is 18.9. The third-order valence-corrected chi connectivity index (χ3v) is 4.77. The van der Waals surface area contributed by atoms with E-state index in [4.69, 9.17) is 4.74 Å². The number of esters is 1. The molecule has 1 heterocycles. The average Bonchev–Trinajstić information content (AvgIpc) is 2.76. The molecule has 2 aromatic carbocycles. The van der Waals surface area contributed by atoms with Crippen LogP contribution in [0.2, 0.25) is 0 Å². The van der Waals surface area contributed by atoms with E-state index in [1.807, 2.05) is 66.7 Å². The van der Waals surface area contributed by atoms with Gasteiger partial charge in [0, 0.05) is 17.0 Å². The number of hydrogen-bond donors (Lipinski definition) is 2. The first-order valence-electron chi connectivity index (χ1n) is 9.84. The molecule has 2 N–H and O–H groups in total. The Labute approximate surface area is 181 Å². The molecule has 31 heavy (non-hydrogen) atoms. The van der Waals surface area contributed by atoms with E-state index < -0.39 is 17.9 Å². The van der Waals surface area contributed by atoms with Crippen molar-refractivity contribution in [1.82, 2.24) is 5.32 Å². The summed E-state index contributed by atoms with van der Waals surface area (Å²) in [5, 5.41) is 12.7. The molecular formula is C26H23NO4. The van der Waals surface area contributed by atoms with Crippen molar-refractivity contribution in [2.45, 2.75) is 13.8 Å². The van der Waals surface area contributed by atoms with Crippen LogP contribution in [-0.4, -0.2) is 23.7 Å². The summed E-state index contributed by atoms with van der Waals surface area (Å²) < 4.78 is 5.41. The number of carbonyl (C=O) groups excluding carboxylic acids is 1. The highest BCUT2D eigenvalue weighted by Gasteiger charge is 2.35. The molecule has 0 aliphatic carbocycles. The fraction of sp³-hybridized carbons (Fsp3) is 0.154. The quantitative estimate of drug-likeness (QED) is 0.569. The van der Waals surface area contributed by atoms with E-state index in [0.717, 1.165) is 11.1 Å².